The molecule has 0 spiro atoms. The Kier molecular flexibility index (Phi) is 6.68. The second kappa shape index (κ2) is 10.0. The number of benzene rings is 1. The van der Waals surface area contributed by atoms with Crippen LogP contribution in [0, 0.1) is 0 Å². The van der Waals surface area contributed by atoms with E-state index in [-0.39, 0.29) is 23.5 Å². The minimum atomic E-state index is -0.253. The molecule has 0 N–H and O–H groups in total. The number of fused-ring (bicyclic) bond motifs is 1. The van der Waals surface area contributed by atoms with Crippen LogP contribution in [0.5, 0.6) is 0 Å². The largest absolute Gasteiger partial charge is 0.376 e. The number of hydrogen-bond donors (Lipinski definition) is 0. The molecule has 1 atom stereocenters. The summed E-state index contributed by atoms with van der Waals surface area (Å²) < 4.78 is 9.05. The lowest BCUT2D eigenvalue weighted by molar-refractivity contribution is -0.132. The molecule has 4 heterocycles. The van der Waals surface area contributed by atoms with Gasteiger partial charge in [-0.25, -0.2) is 0 Å². The van der Waals surface area contributed by atoms with Crippen molar-refractivity contribution in [2.24, 2.45) is 0 Å². The lowest BCUT2D eigenvalue weighted by Crippen LogP contribution is -2.50. The molecule has 0 bridgehead atoms. The van der Waals surface area contributed by atoms with Gasteiger partial charge in [0.25, 0.3) is 11.5 Å². The predicted molar refractivity (Wildman–Crippen MR) is 131 cm³/mol. The summed E-state index contributed by atoms with van der Waals surface area (Å²) in [6.45, 7) is 5.25. The summed E-state index contributed by atoms with van der Waals surface area (Å²) in [5.41, 5.74) is 1.62. The van der Waals surface area contributed by atoms with Gasteiger partial charge in [0.2, 0.25) is 5.91 Å². The van der Waals surface area contributed by atoms with Crippen LogP contribution in [0.1, 0.15) is 43.0 Å². The predicted octanol–water partition coefficient (Wildman–Crippen LogP) is 2.40. The zero-order valence-corrected chi connectivity index (χ0v) is 20.1. The average molecular weight is 478 g/mol. The van der Waals surface area contributed by atoms with Crippen molar-refractivity contribution in [3.8, 4) is 16.9 Å². The number of piperazine rings is 1. The van der Waals surface area contributed by atoms with E-state index in [4.69, 9.17) is 4.74 Å². The molecular formula is C26H31N5O4. The number of rotatable bonds is 6. The molecular weight excluding hydrogens is 446 g/mol. The number of nitrogens with zero attached hydrogens (tertiary/aromatic N) is 5. The number of carbonyl (C=O) groups excluding carboxylic acids is 2. The fraction of sp³-hybridized carbons (Fsp3) is 0.462. The van der Waals surface area contributed by atoms with Crippen LogP contribution in [-0.2, 0) is 16.1 Å². The number of amides is 2. The summed E-state index contributed by atoms with van der Waals surface area (Å²) in [6, 6.07) is 9.23. The van der Waals surface area contributed by atoms with Crippen molar-refractivity contribution in [1.82, 2.24) is 24.1 Å². The lowest BCUT2D eigenvalue weighted by atomic mass is 10.1. The van der Waals surface area contributed by atoms with E-state index in [1.165, 1.54) is 4.68 Å². The Labute approximate surface area is 204 Å². The van der Waals surface area contributed by atoms with Gasteiger partial charge in [-0.3, -0.25) is 14.4 Å². The summed E-state index contributed by atoms with van der Waals surface area (Å²) in [6.07, 6.45) is 6.94. The summed E-state index contributed by atoms with van der Waals surface area (Å²) in [5, 5.41) is 4.59. The van der Waals surface area contributed by atoms with Crippen LogP contribution in [0.15, 0.2) is 47.5 Å². The maximum Gasteiger partial charge on any atom is 0.282 e. The third-order valence-corrected chi connectivity index (χ3v) is 6.78. The van der Waals surface area contributed by atoms with Crippen molar-refractivity contribution < 1.29 is 14.3 Å². The van der Waals surface area contributed by atoms with Gasteiger partial charge in [0.1, 0.15) is 5.69 Å². The molecule has 1 aromatic rings. The Morgan fingerprint density at radius 2 is 1.80 bits per heavy atom. The van der Waals surface area contributed by atoms with Gasteiger partial charge in [-0.15, -0.1) is 0 Å². The Morgan fingerprint density at radius 3 is 2.49 bits per heavy atom. The highest BCUT2D eigenvalue weighted by atomic mass is 16.5. The molecule has 9 heteroatoms. The minimum Gasteiger partial charge on any atom is -0.376 e. The Bertz CT molecular complexity index is 1220. The molecule has 4 aliphatic heterocycles. The molecule has 0 saturated carbocycles. The SMILES string of the molecule is CCCC(=O)N1CCN(C(=O)c2cn(C[C@@H]3CCCO3)cc3c(=O)n(-c4ccccc4)nc2-3)CC1. The summed E-state index contributed by atoms with van der Waals surface area (Å²) in [5.74, 6) is -0.0364. The summed E-state index contributed by atoms with van der Waals surface area (Å²) >= 11 is 0. The van der Waals surface area contributed by atoms with Gasteiger partial charge in [0.15, 0.2) is 0 Å². The summed E-state index contributed by atoms with van der Waals surface area (Å²) in [4.78, 5) is 42.9. The number of aromatic nitrogens is 3. The fourth-order valence-electron chi connectivity index (χ4n) is 4.89. The zero-order chi connectivity index (χ0) is 24.4. The standard InChI is InChI=1S/C26H31N5O4/c1-2-7-23(32)29-11-13-30(14-12-29)25(33)21-17-28(16-20-10-6-15-35-20)18-22-24(21)27-31(26(22)34)19-8-4-3-5-9-19/h3-5,8-9,17-18,20H,2,6-7,10-16H2,1H3/t20-/m0/s1. The zero-order valence-electron chi connectivity index (χ0n) is 20.1. The van der Waals surface area contributed by atoms with Crippen molar-refractivity contribution in [3.63, 3.8) is 0 Å². The molecule has 4 aliphatic rings. The van der Waals surface area contributed by atoms with E-state index in [0.29, 0.717) is 61.7 Å². The van der Waals surface area contributed by atoms with Crippen LogP contribution in [0.3, 0.4) is 0 Å². The van der Waals surface area contributed by atoms with Gasteiger partial charge in [-0.1, -0.05) is 25.1 Å². The molecule has 2 saturated heterocycles. The highest BCUT2D eigenvalue weighted by Gasteiger charge is 2.30. The highest BCUT2D eigenvalue weighted by molar-refractivity contribution is 6.00. The molecule has 9 nitrogen and oxygen atoms in total. The van der Waals surface area contributed by atoms with Crippen molar-refractivity contribution in [1.29, 1.82) is 0 Å². The minimum absolute atomic E-state index is 0.0628. The van der Waals surface area contributed by atoms with Crippen LogP contribution in [0.25, 0.3) is 16.9 Å². The van der Waals surface area contributed by atoms with Gasteiger partial charge < -0.3 is 19.1 Å². The number of pyridine rings is 1. The Morgan fingerprint density at radius 1 is 1.06 bits per heavy atom. The monoisotopic (exact) mass is 477 g/mol. The van der Waals surface area contributed by atoms with E-state index in [9.17, 15) is 14.4 Å². The molecule has 0 aromatic heterocycles. The van der Waals surface area contributed by atoms with E-state index >= 15 is 0 Å². The van der Waals surface area contributed by atoms with Crippen molar-refractivity contribution >= 4 is 11.8 Å². The van der Waals surface area contributed by atoms with Crippen LogP contribution in [0.2, 0.25) is 0 Å². The molecule has 35 heavy (non-hydrogen) atoms. The quantitative estimate of drug-likeness (QED) is 0.544. The Hall–Kier alpha value is -3.46. The average Bonchev–Trinajstić information content (AvgIpc) is 3.52. The first-order chi connectivity index (χ1) is 17.0. The van der Waals surface area contributed by atoms with Gasteiger partial charge in [-0.2, -0.15) is 9.78 Å². The topological polar surface area (TPSA) is 89.7 Å². The first-order valence-electron chi connectivity index (χ1n) is 12.4. The van der Waals surface area contributed by atoms with E-state index in [1.54, 1.807) is 17.3 Å². The number of ether oxygens (including phenoxy) is 1. The first-order valence-corrected chi connectivity index (χ1v) is 12.4. The fourth-order valence-corrected chi connectivity index (χ4v) is 4.89. The van der Waals surface area contributed by atoms with Gasteiger partial charge in [-0.05, 0) is 31.4 Å². The van der Waals surface area contributed by atoms with E-state index < -0.39 is 0 Å². The molecule has 2 amide bonds. The van der Waals surface area contributed by atoms with Crippen molar-refractivity contribution in [3.05, 3.63) is 58.6 Å². The first kappa shape index (κ1) is 23.3. The molecule has 2 fully saturated rings. The van der Waals surface area contributed by atoms with Gasteiger partial charge >= 0.3 is 0 Å². The number of carbonyl (C=O) groups is 2. The van der Waals surface area contributed by atoms with Crippen LogP contribution in [-0.4, -0.2) is 74.9 Å². The lowest BCUT2D eigenvalue weighted by Gasteiger charge is -2.35. The molecule has 0 aliphatic carbocycles. The second-order valence-corrected chi connectivity index (χ2v) is 9.24. The third kappa shape index (κ3) is 4.73. The van der Waals surface area contributed by atoms with Crippen LogP contribution in [0.4, 0.5) is 0 Å². The molecule has 0 unspecified atom stereocenters. The normalized spacial score (nSPS) is 18.4. The van der Waals surface area contributed by atoms with E-state index in [0.717, 1.165) is 25.9 Å². The second-order valence-electron chi connectivity index (χ2n) is 9.24. The van der Waals surface area contributed by atoms with Gasteiger partial charge in [0, 0.05) is 58.1 Å². The van der Waals surface area contributed by atoms with E-state index in [1.807, 2.05) is 46.7 Å². The van der Waals surface area contributed by atoms with Crippen molar-refractivity contribution in [2.45, 2.75) is 45.3 Å². The van der Waals surface area contributed by atoms with E-state index in [2.05, 4.69) is 5.10 Å². The number of hydrogen-bond acceptors (Lipinski definition) is 5. The highest BCUT2D eigenvalue weighted by Crippen LogP contribution is 2.25. The summed E-state index contributed by atoms with van der Waals surface area (Å²) in [7, 11) is 0. The maximum atomic E-state index is 13.7. The van der Waals surface area contributed by atoms with Crippen molar-refractivity contribution in [2.75, 3.05) is 32.8 Å². The third-order valence-electron chi connectivity index (χ3n) is 6.78. The van der Waals surface area contributed by atoms with Crippen LogP contribution >= 0.6 is 0 Å². The molecule has 184 valence electrons. The van der Waals surface area contributed by atoms with Gasteiger partial charge in [0.05, 0.1) is 22.9 Å². The smallest absolute Gasteiger partial charge is 0.282 e. The van der Waals surface area contributed by atoms with Crippen LogP contribution < -0.4 is 5.56 Å². The Balaban J connectivity index is 1.48. The number of para-hydroxylation sites is 1. The maximum absolute atomic E-state index is 13.7. The molecule has 5 rings (SSSR count). The molecule has 0 radical (unpaired) electrons. The molecule has 1 aromatic carbocycles.